The molecular formula is C21H24N5O2P. The van der Waals surface area contributed by atoms with Crippen LogP contribution in [0.3, 0.4) is 0 Å². The predicted molar refractivity (Wildman–Crippen MR) is 116 cm³/mol. The Hall–Kier alpha value is -3.05. The summed E-state index contributed by atoms with van der Waals surface area (Å²) in [4.78, 5) is 25.4. The second-order valence-corrected chi connectivity index (χ2v) is 10.8. The zero-order valence-corrected chi connectivity index (χ0v) is 17.6. The zero-order valence-electron chi connectivity index (χ0n) is 16.7. The molecule has 2 aromatic heterocycles. The molecule has 1 amide bonds. The summed E-state index contributed by atoms with van der Waals surface area (Å²) < 4.78 is 11.8. The number of anilines is 2. The molecule has 0 unspecified atom stereocenters. The molecule has 29 heavy (non-hydrogen) atoms. The summed E-state index contributed by atoms with van der Waals surface area (Å²) in [5.74, 6) is 0.233. The smallest absolute Gasteiger partial charge is 0.251 e. The monoisotopic (exact) mass is 409 g/mol. The minimum Gasteiger partial charge on any atom is -0.352 e. The molecule has 3 aromatic rings. The molecule has 0 aliphatic heterocycles. The standard InChI is InChI=1S/C21H24N5O2P/c1-15-6-7-16(20(27)23-11-12-29(2,3)28)13-19(15)26-21-24-10-8-18(25-21)17-5-4-9-22-14-17/h4-10,13-14H,11-12H2,1-3H3,(H,23,27)(H,24,25,26). The molecule has 0 fully saturated rings. The fraction of sp³-hybridized carbons (Fsp3) is 0.238. The van der Waals surface area contributed by atoms with Crippen molar-refractivity contribution < 1.29 is 9.36 Å². The number of nitrogens with one attached hydrogen (secondary N) is 2. The Morgan fingerprint density at radius 2 is 1.97 bits per heavy atom. The van der Waals surface area contributed by atoms with Crippen molar-refractivity contribution in [1.82, 2.24) is 20.3 Å². The van der Waals surface area contributed by atoms with E-state index in [1.165, 1.54) is 0 Å². The Labute approximate surface area is 170 Å². The summed E-state index contributed by atoms with van der Waals surface area (Å²) in [5, 5.41) is 6.01. The lowest BCUT2D eigenvalue weighted by Crippen LogP contribution is -2.26. The lowest BCUT2D eigenvalue weighted by Gasteiger charge is -2.12. The molecule has 3 rings (SSSR count). The largest absolute Gasteiger partial charge is 0.352 e. The van der Waals surface area contributed by atoms with Crippen LogP contribution in [0, 0.1) is 6.92 Å². The first kappa shape index (κ1) is 20.7. The normalized spacial score (nSPS) is 11.1. The highest BCUT2D eigenvalue weighted by molar-refractivity contribution is 7.62. The van der Waals surface area contributed by atoms with Gasteiger partial charge in [0.05, 0.1) is 12.8 Å². The number of pyridine rings is 1. The van der Waals surface area contributed by atoms with Gasteiger partial charge in [-0.1, -0.05) is 6.07 Å². The first-order chi connectivity index (χ1) is 13.8. The van der Waals surface area contributed by atoms with Crippen LogP contribution in [0.2, 0.25) is 0 Å². The number of aryl methyl sites for hydroxylation is 1. The fourth-order valence-electron chi connectivity index (χ4n) is 2.65. The van der Waals surface area contributed by atoms with Crippen LogP contribution in [0.15, 0.2) is 55.0 Å². The summed E-state index contributed by atoms with van der Waals surface area (Å²) in [7, 11) is -2.15. The topological polar surface area (TPSA) is 96.9 Å². The number of amides is 1. The number of hydrogen-bond donors (Lipinski definition) is 2. The van der Waals surface area contributed by atoms with Gasteiger partial charge in [0.25, 0.3) is 5.91 Å². The van der Waals surface area contributed by atoms with Crippen molar-refractivity contribution in [3.63, 3.8) is 0 Å². The second kappa shape index (κ2) is 8.97. The van der Waals surface area contributed by atoms with Crippen molar-refractivity contribution in [1.29, 1.82) is 0 Å². The zero-order chi connectivity index (χ0) is 20.9. The van der Waals surface area contributed by atoms with E-state index in [0.29, 0.717) is 24.2 Å². The van der Waals surface area contributed by atoms with Gasteiger partial charge in [0.2, 0.25) is 5.95 Å². The van der Waals surface area contributed by atoms with Crippen molar-refractivity contribution in [2.75, 3.05) is 31.4 Å². The van der Waals surface area contributed by atoms with Gasteiger partial charge in [0.15, 0.2) is 0 Å². The molecule has 0 aliphatic rings. The van der Waals surface area contributed by atoms with Crippen molar-refractivity contribution in [3.8, 4) is 11.3 Å². The van der Waals surface area contributed by atoms with E-state index in [1.807, 2.05) is 31.2 Å². The first-order valence-electron chi connectivity index (χ1n) is 9.25. The highest BCUT2D eigenvalue weighted by Crippen LogP contribution is 2.34. The molecule has 2 N–H and O–H groups in total. The van der Waals surface area contributed by atoms with E-state index in [4.69, 9.17) is 0 Å². The number of rotatable bonds is 7. The van der Waals surface area contributed by atoms with Crippen LogP contribution in [0.25, 0.3) is 11.3 Å². The van der Waals surface area contributed by atoms with E-state index < -0.39 is 7.14 Å². The highest BCUT2D eigenvalue weighted by atomic mass is 31.2. The molecule has 2 heterocycles. The van der Waals surface area contributed by atoms with Crippen molar-refractivity contribution in [2.45, 2.75) is 6.92 Å². The van der Waals surface area contributed by atoms with Gasteiger partial charge in [-0.05, 0) is 56.1 Å². The quantitative estimate of drug-likeness (QED) is 0.574. The summed E-state index contributed by atoms with van der Waals surface area (Å²) in [6.45, 7) is 5.76. The maximum atomic E-state index is 12.4. The number of carbonyl (C=O) groups is 1. The van der Waals surface area contributed by atoms with Gasteiger partial charge in [-0.25, -0.2) is 9.97 Å². The van der Waals surface area contributed by atoms with Crippen LogP contribution in [-0.4, -0.2) is 46.9 Å². The highest BCUT2D eigenvalue weighted by Gasteiger charge is 2.12. The Morgan fingerprint density at radius 1 is 1.14 bits per heavy atom. The molecular weight excluding hydrogens is 385 g/mol. The Bertz CT molecular complexity index is 1050. The molecule has 150 valence electrons. The Balaban J connectivity index is 1.75. The molecule has 7 nitrogen and oxygen atoms in total. The molecule has 8 heteroatoms. The minimum absolute atomic E-state index is 0.202. The van der Waals surface area contributed by atoms with Gasteiger partial charge in [0, 0.05) is 48.1 Å². The fourth-order valence-corrected chi connectivity index (χ4v) is 3.30. The van der Waals surface area contributed by atoms with Crippen LogP contribution >= 0.6 is 7.14 Å². The summed E-state index contributed by atoms with van der Waals surface area (Å²) in [6, 6.07) is 11.0. The molecule has 0 aliphatic carbocycles. The Morgan fingerprint density at radius 3 is 2.69 bits per heavy atom. The average Bonchev–Trinajstić information content (AvgIpc) is 2.69. The molecule has 0 spiro atoms. The number of carbonyl (C=O) groups excluding carboxylic acids is 1. The van der Waals surface area contributed by atoms with Crippen molar-refractivity contribution in [3.05, 3.63) is 66.1 Å². The number of benzene rings is 1. The summed E-state index contributed by atoms with van der Waals surface area (Å²) >= 11 is 0. The minimum atomic E-state index is -2.15. The van der Waals surface area contributed by atoms with Gasteiger partial charge in [-0.15, -0.1) is 0 Å². The molecule has 0 radical (unpaired) electrons. The van der Waals surface area contributed by atoms with E-state index >= 15 is 0 Å². The molecule has 0 bridgehead atoms. The SMILES string of the molecule is Cc1ccc(C(=O)NCCP(C)(C)=O)cc1Nc1nccc(-c2cccnc2)n1. The van der Waals surface area contributed by atoms with Crippen molar-refractivity contribution in [2.24, 2.45) is 0 Å². The van der Waals surface area contributed by atoms with Crippen LogP contribution in [0.1, 0.15) is 15.9 Å². The van der Waals surface area contributed by atoms with Gasteiger partial charge in [-0.3, -0.25) is 9.78 Å². The third-order valence-corrected chi connectivity index (χ3v) is 5.60. The summed E-state index contributed by atoms with van der Waals surface area (Å²) in [6.07, 6.45) is 5.61. The van der Waals surface area contributed by atoms with Crippen LogP contribution in [0.5, 0.6) is 0 Å². The molecule has 0 saturated heterocycles. The van der Waals surface area contributed by atoms with Gasteiger partial charge in [-0.2, -0.15) is 0 Å². The number of aromatic nitrogens is 3. The molecule has 1 aromatic carbocycles. The number of nitrogens with zero attached hydrogens (tertiary/aromatic N) is 3. The van der Waals surface area contributed by atoms with E-state index in [-0.39, 0.29) is 5.91 Å². The van der Waals surface area contributed by atoms with Crippen LogP contribution in [0.4, 0.5) is 11.6 Å². The second-order valence-electron chi connectivity index (χ2n) is 7.22. The lowest BCUT2D eigenvalue weighted by atomic mass is 10.1. The maximum absolute atomic E-state index is 12.4. The average molecular weight is 409 g/mol. The number of hydrogen-bond acceptors (Lipinski definition) is 6. The summed E-state index contributed by atoms with van der Waals surface area (Å²) in [5.41, 5.74) is 3.88. The lowest BCUT2D eigenvalue weighted by molar-refractivity contribution is 0.0956. The van der Waals surface area contributed by atoms with Gasteiger partial charge >= 0.3 is 0 Å². The van der Waals surface area contributed by atoms with Crippen LogP contribution in [-0.2, 0) is 4.57 Å². The van der Waals surface area contributed by atoms with Crippen molar-refractivity contribution >= 4 is 24.7 Å². The first-order valence-corrected chi connectivity index (χ1v) is 12.0. The molecule has 0 saturated carbocycles. The van der Waals surface area contributed by atoms with Crippen LogP contribution < -0.4 is 10.6 Å². The van der Waals surface area contributed by atoms with E-state index in [0.717, 1.165) is 22.5 Å². The predicted octanol–water partition coefficient (Wildman–Crippen LogP) is 3.94. The third kappa shape index (κ3) is 5.96. The van der Waals surface area contributed by atoms with E-state index in [9.17, 15) is 9.36 Å². The molecule has 0 atom stereocenters. The van der Waals surface area contributed by atoms with E-state index in [1.54, 1.807) is 44.1 Å². The maximum Gasteiger partial charge on any atom is 0.251 e. The van der Waals surface area contributed by atoms with E-state index in [2.05, 4.69) is 25.6 Å². The third-order valence-electron chi connectivity index (χ3n) is 4.29. The Kier molecular flexibility index (Phi) is 6.39. The van der Waals surface area contributed by atoms with Gasteiger partial charge < -0.3 is 15.2 Å². The van der Waals surface area contributed by atoms with Gasteiger partial charge in [0.1, 0.15) is 0 Å².